The first-order valence-electron chi connectivity index (χ1n) is 7.08. The summed E-state index contributed by atoms with van der Waals surface area (Å²) in [7, 11) is 0. The molecule has 3 aromatic rings. The predicted octanol–water partition coefficient (Wildman–Crippen LogP) is 3.34. The van der Waals surface area contributed by atoms with Crippen molar-refractivity contribution in [3.63, 3.8) is 0 Å². The molecule has 0 aliphatic carbocycles. The molecule has 0 amide bonds. The number of benzene rings is 2. The van der Waals surface area contributed by atoms with Gasteiger partial charge in [0, 0.05) is 6.54 Å². The lowest BCUT2D eigenvalue weighted by atomic mass is 10.1. The number of fused-ring (bicyclic) bond motifs is 3. The fourth-order valence-corrected chi connectivity index (χ4v) is 2.92. The molecule has 0 saturated carbocycles. The molecule has 3 heteroatoms. The molecule has 1 aliphatic heterocycles. The van der Waals surface area contributed by atoms with Crippen molar-refractivity contribution >= 4 is 22.6 Å². The van der Waals surface area contributed by atoms with Crippen LogP contribution >= 0.6 is 0 Å². The molecule has 2 aromatic carbocycles. The quantitative estimate of drug-likeness (QED) is 0.682. The van der Waals surface area contributed by atoms with Crippen molar-refractivity contribution in [3.8, 4) is 0 Å². The van der Waals surface area contributed by atoms with Gasteiger partial charge in [-0.3, -0.25) is 4.79 Å². The zero-order chi connectivity index (χ0) is 14.2. The van der Waals surface area contributed by atoms with Crippen molar-refractivity contribution in [1.82, 2.24) is 9.55 Å². The molecule has 2 heterocycles. The van der Waals surface area contributed by atoms with Crippen LogP contribution in [-0.4, -0.2) is 9.55 Å². The minimum atomic E-state index is -0.141. The van der Waals surface area contributed by atoms with Crippen LogP contribution in [0.15, 0.2) is 59.4 Å². The van der Waals surface area contributed by atoms with Crippen molar-refractivity contribution in [2.45, 2.75) is 13.0 Å². The van der Waals surface area contributed by atoms with Crippen LogP contribution in [-0.2, 0) is 6.54 Å². The lowest BCUT2D eigenvalue weighted by Crippen LogP contribution is -2.14. The second-order valence-corrected chi connectivity index (χ2v) is 5.24. The van der Waals surface area contributed by atoms with E-state index in [0.717, 1.165) is 35.4 Å². The maximum atomic E-state index is 12.2. The van der Waals surface area contributed by atoms with Gasteiger partial charge in [0.25, 0.3) is 5.56 Å². The topological polar surface area (TPSA) is 34.9 Å². The van der Waals surface area contributed by atoms with E-state index in [1.807, 2.05) is 42.5 Å². The van der Waals surface area contributed by atoms with Crippen molar-refractivity contribution in [3.05, 3.63) is 76.3 Å². The van der Waals surface area contributed by atoms with Gasteiger partial charge in [-0.15, -0.1) is 0 Å². The monoisotopic (exact) mass is 274 g/mol. The van der Waals surface area contributed by atoms with E-state index in [4.69, 9.17) is 0 Å². The predicted molar refractivity (Wildman–Crippen MR) is 84.9 cm³/mol. The zero-order valence-corrected chi connectivity index (χ0v) is 11.5. The first-order chi connectivity index (χ1) is 10.3. The molecule has 0 unspecified atom stereocenters. The lowest BCUT2D eigenvalue weighted by Gasteiger charge is -2.07. The first-order valence-corrected chi connectivity index (χ1v) is 7.08. The third-order valence-electron chi connectivity index (χ3n) is 3.92. The number of para-hydroxylation sites is 1. The molecule has 1 aromatic heterocycles. The molecule has 1 aliphatic rings. The summed E-state index contributed by atoms with van der Waals surface area (Å²) in [5.74, 6) is 0.808. The molecular weight excluding hydrogens is 260 g/mol. The number of allylic oxidation sites excluding steroid dienone is 1. The summed E-state index contributed by atoms with van der Waals surface area (Å²) < 4.78 is 2.14. The van der Waals surface area contributed by atoms with Crippen LogP contribution in [0.2, 0.25) is 0 Å². The molecule has 0 atom stereocenters. The SMILES string of the molecule is O=c1nc2n(c3ccccc13)CCC2=Cc1ccccc1. The largest absolute Gasteiger partial charge is 0.325 e. The Morgan fingerprint density at radius 2 is 1.76 bits per heavy atom. The summed E-state index contributed by atoms with van der Waals surface area (Å²) in [6, 6.07) is 17.8. The average molecular weight is 274 g/mol. The standard InChI is InChI=1S/C18H14N2O/c21-18-15-8-4-5-9-16(15)20-11-10-14(17(20)19-18)12-13-6-2-1-3-7-13/h1-9,12H,10-11H2. The summed E-state index contributed by atoms with van der Waals surface area (Å²) >= 11 is 0. The van der Waals surface area contributed by atoms with E-state index in [1.165, 1.54) is 0 Å². The molecular formula is C18H14N2O. The number of rotatable bonds is 1. The minimum Gasteiger partial charge on any atom is -0.325 e. The molecule has 0 saturated heterocycles. The Bertz CT molecular complexity index is 907. The van der Waals surface area contributed by atoms with E-state index < -0.39 is 0 Å². The molecule has 0 radical (unpaired) electrons. The van der Waals surface area contributed by atoms with Gasteiger partial charge in [-0.1, -0.05) is 42.5 Å². The summed E-state index contributed by atoms with van der Waals surface area (Å²) in [5.41, 5.74) is 3.11. The van der Waals surface area contributed by atoms with Gasteiger partial charge in [-0.05, 0) is 35.8 Å². The fourth-order valence-electron chi connectivity index (χ4n) is 2.92. The number of aromatic nitrogens is 2. The van der Waals surface area contributed by atoms with Crippen LogP contribution in [0.4, 0.5) is 0 Å². The third kappa shape index (κ3) is 1.98. The van der Waals surface area contributed by atoms with Crippen LogP contribution in [0.25, 0.3) is 22.6 Å². The Hall–Kier alpha value is -2.68. The van der Waals surface area contributed by atoms with Gasteiger partial charge in [0.1, 0.15) is 5.82 Å². The highest BCUT2D eigenvalue weighted by Gasteiger charge is 2.20. The van der Waals surface area contributed by atoms with Crippen LogP contribution in [0.1, 0.15) is 17.8 Å². The van der Waals surface area contributed by atoms with Gasteiger partial charge in [-0.25, -0.2) is 0 Å². The molecule has 3 nitrogen and oxygen atoms in total. The summed E-state index contributed by atoms with van der Waals surface area (Å²) in [6.07, 6.45) is 3.04. The highest BCUT2D eigenvalue weighted by atomic mass is 16.1. The second kappa shape index (κ2) is 4.70. The Morgan fingerprint density at radius 1 is 1.00 bits per heavy atom. The van der Waals surface area contributed by atoms with Gasteiger partial charge in [0.15, 0.2) is 0 Å². The highest BCUT2D eigenvalue weighted by Crippen LogP contribution is 2.29. The van der Waals surface area contributed by atoms with E-state index in [2.05, 4.69) is 27.8 Å². The second-order valence-electron chi connectivity index (χ2n) is 5.24. The van der Waals surface area contributed by atoms with Crippen LogP contribution in [0.3, 0.4) is 0 Å². The van der Waals surface area contributed by atoms with Crippen molar-refractivity contribution in [2.24, 2.45) is 0 Å². The van der Waals surface area contributed by atoms with E-state index in [9.17, 15) is 4.79 Å². The molecule has 0 bridgehead atoms. The number of hydrogen-bond acceptors (Lipinski definition) is 2. The number of nitrogens with zero attached hydrogens (tertiary/aromatic N) is 2. The highest BCUT2D eigenvalue weighted by molar-refractivity contribution is 5.85. The minimum absolute atomic E-state index is 0.141. The van der Waals surface area contributed by atoms with Crippen molar-refractivity contribution in [2.75, 3.05) is 0 Å². The lowest BCUT2D eigenvalue weighted by molar-refractivity contribution is 0.772. The molecule has 0 N–H and O–H groups in total. The fraction of sp³-hybridized carbons (Fsp3) is 0.111. The van der Waals surface area contributed by atoms with Gasteiger partial charge < -0.3 is 4.57 Å². The van der Waals surface area contributed by atoms with Gasteiger partial charge >= 0.3 is 0 Å². The molecule has 21 heavy (non-hydrogen) atoms. The Balaban J connectivity index is 1.94. The van der Waals surface area contributed by atoms with Crippen LogP contribution < -0.4 is 5.56 Å². The zero-order valence-electron chi connectivity index (χ0n) is 11.5. The molecule has 102 valence electrons. The third-order valence-corrected chi connectivity index (χ3v) is 3.92. The maximum Gasteiger partial charge on any atom is 0.281 e. The summed E-state index contributed by atoms with van der Waals surface area (Å²) in [6.45, 7) is 0.877. The van der Waals surface area contributed by atoms with Crippen molar-refractivity contribution in [1.29, 1.82) is 0 Å². The summed E-state index contributed by atoms with van der Waals surface area (Å²) in [4.78, 5) is 16.5. The van der Waals surface area contributed by atoms with E-state index >= 15 is 0 Å². The van der Waals surface area contributed by atoms with E-state index in [0.29, 0.717) is 5.39 Å². The van der Waals surface area contributed by atoms with Gasteiger partial charge in [0.05, 0.1) is 10.9 Å². The molecule has 4 rings (SSSR count). The van der Waals surface area contributed by atoms with E-state index in [-0.39, 0.29) is 5.56 Å². The molecule has 0 fully saturated rings. The van der Waals surface area contributed by atoms with Gasteiger partial charge in [0.2, 0.25) is 0 Å². The Morgan fingerprint density at radius 3 is 2.62 bits per heavy atom. The summed E-state index contributed by atoms with van der Waals surface area (Å²) in [5, 5.41) is 0.696. The first kappa shape index (κ1) is 12.1. The normalized spacial score (nSPS) is 15.5. The molecule has 0 spiro atoms. The van der Waals surface area contributed by atoms with E-state index in [1.54, 1.807) is 0 Å². The van der Waals surface area contributed by atoms with Crippen molar-refractivity contribution < 1.29 is 0 Å². The number of hydrogen-bond donors (Lipinski definition) is 0. The van der Waals surface area contributed by atoms with Gasteiger partial charge in [-0.2, -0.15) is 4.98 Å². The number of aryl methyl sites for hydroxylation is 1. The van der Waals surface area contributed by atoms with Crippen LogP contribution in [0, 0.1) is 0 Å². The Labute approximate surface area is 122 Å². The van der Waals surface area contributed by atoms with Crippen LogP contribution in [0.5, 0.6) is 0 Å². The average Bonchev–Trinajstić information content (AvgIpc) is 2.92. The smallest absolute Gasteiger partial charge is 0.281 e. The Kier molecular flexibility index (Phi) is 2.71. The maximum absolute atomic E-state index is 12.2.